The summed E-state index contributed by atoms with van der Waals surface area (Å²) in [6.07, 6.45) is 0.767. The van der Waals surface area contributed by atoms with Gasteiger partial charge in [-0.2, -0.15) is 0 Å². The van der Waals surface area contributed by atoms with E-state index in [2.05, 4.69) is 0 Å². The normalized spacial score (nSPS) is 10.3. The molecule has 0 aliphatic carbocycles. The predicted octanol–water partition coefficient (Wildman–Crippen LogP) is 4.59. The van der Waals surface area contributed by atoms with E-state index in [9.17, 15) is 0 Å². The van der Waals surface area contributed by atoms with Crippen LogP contribution in [0.3, 0.4) is 0 Å². The summed E-state index contributed by atoms with van der Waals surface area (Å²) in [5.41, 5.74) is 2.21. The first kappa shape index (κ1) is 12.3. The van der Waals surface area contributed by atoms with Crippen LogP contribution in [0.5, 0.6) is 5.75 Å². The highest BCUT2D eigenvalue weighted by Gasteiger charge is 2.04. The Kier molecular flexibility index (Phi) is 3.93. The average Bonchev–Trinajstić information content (AvgIpc) is 2.32. The average molecular weight is 267 g/mol. The van der Waals surface area contributed by atoms with Crippen LogP contribution in [0, 0.1) is 0 Å². The standard InChI is InChI=1S/C14H12Cl2O/c1-17-14-7-6-10(9-13(14)16)8-11-4-2-3-5-12(11)15/h2-7,9H,8H2,1H3. The molecule has 0 aromatic heterocycles. The van der Waals surface area contributed by atoms with Crippen molar-refractivity contribution < 1.29 is 4.74 Å². The zero-order chi connectivity index (χ0) is 12.3. The van der Waals surface area contributed by atoms with E-state index in [1.54, 1.807) is 7.11 Å². The molecule has 3 heteroatoms. The van der Waals surface area contributed by atoms with Gasteiger partial charge in [-0.25, -0.2) is 0 Å². The molecule has 88 valence electrons. The zero-order valence-electron chi connectivity index (χ0n) is 9.41. The molecule has 0 amide bonds. The van der Waals surface area contributed by atoms with E-state index in [0.717, 1.165) is 22.6 Å². The van der Waals surface area contributed by atoms with Gasteiger partial charge in [0.25, 0.3) is 0 Å². The third-order valence-corrected chi connectivity index (χ3v) is 3.23. The Morgan fingerprint density at radius 3 is 2.41 bits per heavy atom. The molecular formula is C14H12Cl2O. The molecule has 0 bridgehead atoms. The van der Waals surface area contributed by atoms with Crippen molar-refractivity contribution in [3.8, 4) is 5.75 Å². The molecule has 0 N–H and O–H groups in total. The van der Waals surface area contributed by atoms with Crippen LogP contribution in [0.25, 0.3) is 0 Å². The molecule has 0 aliphatic heterocycles. The number of ether oxygens (including phenoxy) is 1. The quantitative estimate of drug-likeness (QED) is 0.790. The molecule has 0 unspecified atom stereocenters. The van der Waals surface area contributed by atoms with Gasteiger partial charge in [-0.1, -0.05) is 47.5 Å². The second kappa shape index (κ2) is 5.44. The van der Waals surface area contributed by atoms with Gasteiger partial charge in [-0.3, -0.25) is 0 Å². The van der Waals surface area contributed by atoms with Crippen LogP contribution < -0.4 is 4.74 Å². The maximum absolute atomic E-state index is 6.11. The van der Waals surface area contributed by atoms with E-state index in [0.29, 0.717) is 10.8 Å². The largest absolute Gasteiger partial charge is 0.495 e. The summed E-state index contributed by atoms with van der Waals surface area (Å²) in [4.78, 5) is 0. The Hall–Kier alpha value is -1.18. The van der Waals surface area contributed by atoms with Crippen LogP contribution in [-0.2, 0) is 6.42 Å². The van der Waals surface area contributed by atoms with Crippen molar-refractivity contribution in [1.29, 1.82) is 0 Å². The number of rotatable bonds is 3. The zero-order valence-corrected chi connectivity index (χ0v) is 10.9. The molecule has 0 saturated heterocycles. The maximum Gasteiger partial charge on any atom is 0.137 e. The summed E-state index contributed by atoms with van der Waals surface area (Å²) in [5.74, 6) is 0.689. The first-order valence-corrected chi connectivity index (χ1v) is 6.02. The van der Waals surface area contributed by atoms with Crippen LogP contribution in [0.1, 0.15) is 11.1 Å². The van der Waals surface area contributed by atoms with Crippen molar-refractivity contribution >= 4 is 23.2 Å². The number of benzene rings is 2. The smallest absolute Gasteiger partial charge is 0.137 e. The van der Waals surface area contributed by atoms with Gasteiger partial charge in [0.15, 0.2) is 0 Å². The fourth-order valence-electron chi connectivity index (χ4n) is 1.68. The topological polar surface area (TPSA) is 9.23 Å². The Bertz CT molecular complexity index is 523. The van der Waals surface area contributed by atoms with Crippen molar-refractivity contribution in [2.45, 2.75) is 6.42 Å². The van der Waals surface area contributed by atoms with Gasteiger partial charge >= 0.3 is 0 Å². The predicted molar refractivity (Wildman–Crippen MR) is 72.3 cm³/mol. The number of hydrogen-bond acceptors (Lipinski definition) is 1. The van der Waals surface area contributed by atoms with Crippen LogP contribution in [-0.4, -0.2) is 7.11 Å². The molecule has 0 radical (unpaired) electrons. The molecule has 2 aromatic carbocycles. The summed E-state index contributed by atoms with van der Waals surface area (Å²) in [6, 6.07) is 13.6. The minimum Gasteiger partial charge on any atom is -0.495 e. The van der Waals surface area contributed by atoms with Crippen LogP contribution >= 0.6 is 23.2 Å². The number of hydrogen-bond donors (Lipinski definition) is 0. The summed E-state index contributed by atoms with van der Waals surface area (Å²) in [7, 11) is 1.61. The third kappa shape index (κ3) is 2.93. The van der Waals surface area contributed by atoms with E-state index in [1.807, 2.05) is 42.5 Å². The van der Waals surface area contributed by atoms with Crippen molar-refractivity contribution in [2.75, 3.05) is 7.11 Å². The molecule has 0 spiro atoms. The lowest BCUT2D eigenvalue weighted by atomic mass is 10.0. The van der Waals surface area contributed by atoms with Crippen LogP contribution in [0.15, 0.2) is 42.5 Å². The van der Waals surface area contributed by atoms with Crippen molar-refractivity contribution in [3.63, 3.8) is 0 Å². The van der Waals surface area contributed by atoms with Crippen LogP contribution in [0.2, 0.25) is 10.0 Å². The van der Waals surface area contributed by atoms with E-state index < -0.39 is 0 Å². The first-order chi connectivity index (χ1) is 8.20. The van der Waals surface area contributed by atoms with Crippen molar-refractivity contribution in [1.82, 2.24) is 0 Å². The Morgan fingerprint density at radius 1 is 1.00 bits per heavy atom. The summed E-state index contributed by atoms with van der Waals surface area (Å²) < 4.78 is 5.12. The van der Waals surface area contributed by atoms with E-state index in [4.69, 9.17) is 27.9 Å². The van der Waals surface area contributed by atoms with Gasteiger partial charge < -0.3 is 4.74 Å². The number of methoxy groups -OCH3 is 1. The van der Waals surface area contributed by atoms with Crippen molar-refractivity contribution in [3.05, 3.63) is 63.6 Å². The molecule has 17 heavy (non-hydrogen) atoms. The van der Waals surface area contributed by atoms with Crippen molar-refractivity contribution in [2.24, 2.45) is 0 Å². The minimum absolute atomic E-state index is 0.622. The SMILES string of the molecule is COc1ccc(Cc2ccccc2Cl)cc1Cl. The molecule has 0 saturated carbocycles. The molecule has 2 aromatic rings. The van der Waals surface area contributed by atoms with Gasteiger partial charge in [-0.05, 0) is 35.7 Å². The Morgan fingerprint density at radius 2 is 1.76 bits per heavy atom. The lowest BCUT2D eigenvalue weighted by Crippen LogP contribution is -1.91. The van der Waals surface area contributed by atoms with E-state index in [-0.39, 0.29) is 0 Å². The van der Waals surface area contributed by atoms with E-state index in [1.165, 1.54) is 0 Å². The maximum atomic E-state index is 6.11. The highest BCUT2D eigenvalue weighted by Crippen LogP contribution is 2.27. The highest BCUT2D eigenvalue weighted by atomic mass is 35.5. The third-order valence-electron chi connectivity index (χ3n) is 2.57. The van der Waals surface area contributed by atoms with Gasteiger partial charge in [0.05, 0.1) is 12.1 Å². The number of halogens is 2. The molecule has 1 nitrogen and oxygen atoms in total. The molecular weight excluding hydrogens is 255 g/mol. The highest BCUT2D eigenvalue weighted by molar-refractivity contribution is 6.32. The molecule has 0 aliphatic rings. The second-order valence-electron chi connectivity index (χ2n) is 3.74. The summed E-state index contributed by atoms with van der Waals surface area (Å²) >= 11 is 12.2. The van der Waals surface area contributed by atoms with Gasteiger partial charge in [0.1, 0.15) is 5.75 Å². The van der Waals surface area contributed by atoms with E-state index >= 15 is 0 Å². The Balaban J connectivity index is 2.25. The van der Waals surface area contributed by atoms with Gasteiger partial charge in [0.2, 0.25) is 0 Å². The van der Waals surface area contributed by atoms with Gasteiger partial charge in [0, 0.05) is 5.02 Å². The first-order valence-electron chi connectivity index (χ1n) is 5.26. The molecule has 2 rings (SSSR count). The molecule has 0 heterocycles. The summed E-state index contributed by atoms with van der Waals surface area (Å²) in [5, 5.41) is 1.40. The fraction of sp³-hybridized carbons (Fsp3) is 0.143. The van der Waals surface area contributed by atoms with Crippen LogP contribution in [0.4, 0.5) is 0 Å². The summed E-state index contributed by atoms with van der Waals surface area (Å²) in [6.45, 7) is 0. The molecule has 0 fully saturated rings. The second-order valence-corrected chi connectivity index (χ2v) is 4.55. The molecule has 0 atom stereocenters. The lowest BCUT2D eigenvalue weighted by Gasteiger charge is -2.07. The lowest BCUT2D eigenvalue weighted by molar-refractivity contribution is 0.415. The monoisotopic (exact) mass is 266 g/mol. The minimum atomic E-state index is 0.622. The Labute approximate surface area is 111 Å². The fourth-order valence-corrected chi connectivity index (χ4v) is 2.16. The van der Waals surface area contributed by atoms with Gasteiger partial charge in [-0.15, -0.1) is 0 Å².